The van der Waals surface area contributed by atoms with Crippen molar-refractivity contribution in [3.05, 3.63) is 64.1 Å². The maximum absolute atomic E-state index is 15.2. The van der Waals surface area contributed by atoms with Gasteiger partial charge in [-0.3, -0.25) is 9.36 Å². The zero-order valence-electron chi connectivity index (χ0n) is 22.8. The predicted octanol–water partition coefficient (Wildman–Crippen LogP) is 4.86. The molecular formula is C29H32F2N4O3S. The molecule has 3 heterocycles. The van der Waals surface area contributed by atoms with Gasteiger partial charge in [0.1, 0.15) is 17.5 Å². The van der Waals surface area contributed by atoms with Crippen LogP contribution < -0.4 is 10.6 Å². The van der Waals surface area contributed by atoms with Crippen LogP contribution in [-0.4, -0.2) is 65.0 Å². The van der Waals surface area contributed by atoms with Crippen molar-refractivity contribution in [2.24, 2.45) is 0 Å². The number of carbonyl (C=O) groups excluding carboxylic acids is 1. The normalized spacial score (nSPS) is 20.9. The lowest BCUT2D eigenvalue weighted by molar-refractivity contribution is -0.130. The van der Waals surface area contributed by atoms with E-state index in [0.29, 0.717) is 53.5 Å². The van der Waals surface area contributed by atoms with Gasteiger partial charge in [-0.1, -0.05) is 6.58 Å². The Balaban J connectivity index is 1.76. The second kappa shape index (κ2) is 10.4. The molecule has 0 bridgehead atoms. The number of hydrogen-bond acceptors (Lipinski definition) is 6. The van der Waals surface area contributed by atoms with E-state index in [-0.39, 0.29) is 24.0 Å². The van der Waals surface area contributed by atoms with Crippen LogP contribution >= 0.6 is 11.8 Å². The fraction of sp³-hybridized carbons (Fsp3) is 0.414. The number of piperazine rings is 1. The molecule has 2 aliphatic rings. The number of hydrogen-bond donors (Lipinski definition) is 0. The topological polar surface area (TPSA) is 67.7 Å². The molecule has 7 nitrogen and oxygen atoms in total. The highest BCUT2D eigenvalue weighted by Gasteiger charge is 2.35. The zero-order valence-corrected chi connectivity index (χ0v) is 23.6. The van der Waals surface area contributed by atoms with Gasteiger partial charge in [0.25, 0.3) is 0 Å². The minimum absolute atomic E-state index is 0.127. The molecule has 206 valence electrons. The van der Waals surface area contributed by atoms with Crippen molar-refractivity contribution >= 4 is 34.4 Å². The first-order valence-electron chi connectivity index (χ1n) is 12.9. The van der Waals surface area contributed by atoms with Crippen molar-refractivity contribution in [1.29, 1.82) is 0 Å². The monoisotopic (exact) mass is 554 g/mol. The SMILES string of the molecule is C=CC(=O)N1[C@H](C)CN(c2nc(=O)n3c4c(c(-c5cc(C)c(F)cc5F)c(C)cc24)SC[C@@H]3COC)C[C@@H]1C. The minimum Gasteiger partial charge on any atom is -0.383 e. The van der Waals surface area contributed by atoms with Crippen LogP contribution in [0.15, 0.2) is 40.5 Å². The largest absolute Gasteiger partial charge is 0.383 e. The molecule has 1 saturated heterocycles. The van der Waals surface area contributed by atoms with E-state index in [2.05, 4.69) is 16.5 Å². The quantitative estimate of drug-likeness (QED) is 0.420. The van der Waals surface area contributed by atoms with Crippen molar-refractivity contribution in [1.82, 2.24) is 14.5 Å². The van der Waals surface area contributed by atoms with Crippen LogP contribution in [0.25, 0.3) is 22.0 Å². The van der Waals surface area contributed by atoms with E-state index in [1.54, 1.807) is 35.3 Å². The smallest absolute Gasteiger partial charge is 0.350 e. The number of ether oxygens (including phenoxy) is 1. The molecule has 0 spiro atoms. The van der Waals surface area contributed by atoms with Crippen LogP contribution in [0.3, 0.4) is 0 Å². The first-order chi connectivity index (χ1) is 18.6. The predicted molar refractivity (Wildman–Crippen MR) is 151 cm³/mol. The molecule has 0 aliphatic carbocycles. The summed E-state index contributed by atoms with van der Waals surface area (Å²) < 4.78 is 36.4. The number of aromatic nitrogens is 2. The number of halogens is 2. The molecule has 0 saturated carbocycles. The van der Waals surface area contributed by atoms with Gasteiger partial charge < -0.3 is 14.5 Å². The molecule has 5 rings (SSSR count). The second-order valence-electron chi connectivity index (χ2n) is 10.4. The second-order valence-corrected chi connectivity index (χ2v) is 11.5. The number of aryl methyl sites for hydroxylation is 2. The highest BCUT2D eigenvalue weighted by molar-refractivity contribution is 7.99. The summed E-state index contributed by atoms with van der Waals surface area (Å²) in [7, 11) is 1.59. The van der Waals surface area contributed by atoms with Crippen molar-refractivity contribution in [3.63, 3.8) is 0 Å². The summed E-state index contributed by atoms with van der Waals surface area (Å²) in [4.78, 5) is 35.3. The number of rotatable bonds is 5. The first-order valence-corrected chi connectivity index (χ1v) is 13.9. The molecule has 0 N–H and O–H groups in total. The number of benzene rings is 2. The molecule has 3 aromatic rings. The lowest BCUT2D eigenvalue weighted by Gasteiger charge is -2.45. The van der Waals surface area contributed by atoms with E-state index >= 15 is 4.39 Å². The molecule has 2 aliphatic heterocycles. The number of thioether (sulfide) groups is 1. The van der Waals surface area contributed by atoms with Gasteiger partial charge in [-0.2, -0.15) is 4.98 Å². The fourth-order valence-electron chi connectivity index (χ4n) is 6.00. The molecule has 0 radical (unpaired) electrons. The summed E-state index contributed by atoms with van der Waals surface area (Å²) in [5.41, 5.74) is 2.37. The van der Waals surface area contributed by atoms with Crippen LogP contribution in [0.5, 0.6) is 0 Å². The van der Waals surface area contributed by atoms with Crippen molar-refractivity contribution in [2.45, 2.75) is 50.7 Å². The van der Waals surface area contributed by atoms with E-state index < -0.39 is 17.3 Å². The lowest BCUT2D eigenvalue weighted by atomic mass is 9.95. The van der Waals surface area contributed by atoms with Gasteiger partial charge >= 0.3 is 5.69 Å². The average Bonchev–Trinajstić information content (AvgIpc) is 2.88. The minimum atomic E-state index is -0.648. The maximum Gasteiger partial charge on any atom is 0.350 e. The van der Waals surface area contributed by atoms with E-state index in [1.165, 1.54) is 12.1 Å². The third kappa shape index (κ3) is 4.53. The summed E-state index contributed by atoms with van der Waals surface area (Å²) in [5, 5.41) is 0.779. The number of methoxy groups -OCH3 is 1. The Hall–Kier alpha value is -3.24. The Bertz CT molecular complexity index is 1540. The molecule has 2 aromatic carbocycles. The van der Waals surface area contributed by atoms with Gasteiger partial charge in [0.15, 0.2) is 0 Å². The summed E-state index contributed by atoms with van der Waals surface area (Å²) in [6.45, 7) is 12.4. The molecule has 10 heteroatoms. The summed E-state index contributed by atoms with van der Waals surface area (Å²) in [6, 6.07) is 3.88. The zero-order chi connectivity index (χ0) is 28.2. The van der Waals surface area contributed by atoms with Gasteiger partial charge in [-0.25, -0.2) is 13.6 Å². The summed E-state index contributed by atoms with van der Waals surface area (Å²) in [6.07, 6.45) is 1.32. The number of carbonyl (C=O) groups is 1. The van der Waals surface area contributed by atoms with Crippen molar-refractivity contribution in [2.75, 3.05) is 37.5 Å². The summed E-state index contributed by atoms with van der Waals surface area (Å²) in [5.74, 6) is -0.288. The van der Waals surface area contributed by atoms with Crippen LogP contribution in [0, 0.1) is 25.5 Å². The Morgan fingerprint density at radius 3 is 2.49 bits per heavy atom. The average molecular weight is 555 g/mol. The van der Waals surface area contributed by atoms with Gasteiger partial charge in [0.2, 0.25) is 5.91 Å². The third-order valence-electron chi connectivity index (χ3n) is 7.65. The molecule has 3 atom stereocenters. The van der Waals surface area contributed by atoms with E-state index in [0.717, 1.165) is 21.9 Å². The Morgan fingerprint density at radius 1 is 1.15 bits per heavy atom. The van der Waals surface area contributed by atoms with Crippen molar-refractivity contribution < 1.29 is 18.3 Å². The molecule has 0 unspecified atom stereocenters. The Morgan fingerprint density at radius 2 is 1.85 bits per heavy atom. The van der Waals surface area contributed by atoms with Crippen LogP contribution in [0.1, 0.15) is 31.0 Å². The Labute approximate surface area is 230 Å². The van der Waals surface area contributed by atoms with Crippen LogP contribution in [0.4, 0.5) is 14.6 Å². The van der Waals surface area contributed by atoms with Crippen molar-refractivity contribution in [3.8, 4) is 11.1 Å². The van der Waals surface area contributed by atoms with Gasteiger partial charge in [-0.15, -0.1) is 11.8 Å². The van der Waals surface area contributed by atoms with Gasteiger partial charge in [0, 0.05) is 65.5 Å². The summed E-state index contributed by atoms with van der Waals surface area (Å²) >= 11 is 1.55. The standard InChI is InChI=1S/C29H32F2N4O3S/c1-7-24(36)34-17(4)11-33(12-18(34)5)28-21-9-16(3)25(20-8-15(2)22(30)10-23(20)31)27-26(21)35(29(37)32-28)19(13-38-6)14-39-27/h7-10,17-19H,1,11-14H2,2-6H3/t17-,18+,19-/m0/s1. The highest BCUT2D eigenvalue weighted by atomic mass is 32.2. The van der Waals surface area contributed by atoms with Crippen LogP contribution in [-0.2, 0) is 9.53 Å². The maximum atomic E-state index is 15.2. The molecule has 39 heavy (non-hydrogen) atoms. The number of amides is 1. The third-order valence-corrected chi connectivity index (χ3v) is 8.89. The number of nitrogens with zero attached hydrogens (tertiary/aromatic N) is 4. The molecule has 1 fully saturated rings. The molecule has 1 amide bonds. The van der Waals surface area contributed by atoms with E-state index in [4.69, 9.17) is 4.74 Å². The van der Waals surface area contributed by atoms with Gasteiger partial charge in [0.05, 0.1) is 18.2 Å². The fourth-order valence-corrected chi connectivity index (χ4v) is 7.36. The van der Waals surface area contributed by atoms with E-state index in [9.17, 15) is 14.0 Å². The van der Waals surface area contributed by atoms with E-state index in [1.807, 2.05) is 26.8 Å². The van der Waals surface area contributed by atoms with Crippen LogP contribution in [0.2, 0.25) is 0 Å². The lowest BCUT2D eigenvalue weighted by Crippen LogP contribution is -2.58. The highest BCUT2D eigenvalue weighted by Crippen LogP contribution is 2.46. The first kappa shape index (κ1) is 27.3. The number of anilines is 1. The Kier molecular flexibility index (Phi) is 7.28. The molecular weight excluding hydrogens is 522 g/mol. The molecule has 1 aromatic heterocycles. The van der Waals surface area contributed by atoms with Gasteiger partial charge in [-0.05, 0) is 57.0 Å².